The smallest absolute Gasteiger partial charge is 0.147 e. The van der Waals surface area contributed by atoms with Crippen LogP contribution in [0.4, 0.5) is 4.39 Å². The Kier molecular flexibility index (Phi) is 1.85. The largest absolute Gasteiger partial charge is 0.303 e. The summed E-state index contributed by atoms with van der Waals surface area (Å²) in [4.78, 5) is 3.86. The first-order valence-electron chi connectivity index (χ1n) is 4.02. The summed E-state index contributed by atoms with van der Waals surface area (Å²) in [6.07, 6.45) is 4.92. The Bertz CT molecular complexity index is 407. The molecule has 0 aliphatic carbocycles. The lowest BCUT2D eigenvalue weighted by Crippen LogP contribution is -1.94. The second-order valence-electron chi connectivity index (χ2n) is 2.92. The number of hydrogen-bond acceptors (Lipinski definition) is 1. The minimum absolute atomic E-state index is 0.224. The molecular weight excluding hydrogens is 167 g/mol. The van der Waals surface area contributed by atoms with Crippen LogP contribution < -0.4 is 0 Å². The Labute approximate surface area is 75.7 Å². The predicted molar refractivity (Wildman–Crippen MR) is 48.3 cm³/mol. The Morgan fingerprint density at radius 1 is 1.38 bits per heavy atom. The third-order valence-electron chi connectivity index (χ3n) is 1.89. The lowest BCUT2D eigenvalue weighted by Gasteiger charge is -2.03. The molecule has 0 spiro atoms. The van der Waals surface area contributed by atoms with Gasteiger partial charge in [-0.3, -0.25) is 0 Å². The van der Waals surface area contributed by atoms with E-state index >= 15 is 0 Å². The van der Waals surface area contributed by atoms with E-state index in [0.717, 1.165) is 5.56 Å². The van der Waals surface area contributed by atoms with Crippen molar-refractivity contribution in [3.05, 3.63) is 48.3 Å². The van der Waals surface area contributed by atoms with E-state index in [1.807, 2.05) is 13.0 Å². The fraction of sp³-hybridized carbons (Fsp3) is 0.100. The van der Waals surface area contributed by atoms with Gasteiger partial charge in [0.25, 0.3) is 0 Å². The average Bonchev–Trinajstić information content (AvgIpc) is 2.56. The van der Waals surface area contributed by atoms with Crippen LogP contribution in [0.3, 0.4) is 0 Å². The van der Waals surface area contributed by atoms with E-state index in [4.69, 9.17) is 0 Å². The van der Waals surface area contributed by atoms with E-state index in [9.17, 15) is 4.39 Å². The van der Waals surface area contributed by atoms with Crippen LogP contribution in [0.5, 0.6) is 0 Å². The quantitative estimate of drug-likeness (QED) is 0.652. The fourth-order valence-corrected chi connectivity index (χ4v) is 1.22. The first-order valence-corrected chi connectivity index (χ1v) is 4.02. The Morgan fingerprint density at radius 3 is 2.85 bits per heavy atom. The zero-order chi connectivity index (χ0) is 9.26. The SMILES string of the molecule is Cc1ccc(-n2ccnc2)c(F)c1. The van der Waals surface area contributed by atoms with Crippen molar-refractivity contribution >= 4 is 0 Å². The van der Waals surface area contributed by atoms with Gasteiger partial charge in [0.1, 0.15) is 5.82 Å². The molecule has 0 saturated heterocycles. The van der Waals surface area contributed by atoms with Gasteiger partial charge in [-0.1, -0.05) is 6.07 Å². The molecule has 66 valence electrons. The average molecular weight is 176 g/mol. The van der Waals surface area contributed by atoms with Crippen molar-refractivity contribution in [1.29, 1.82) is 0 Å². The molecule has 0 aliphatic heterocycles. The van der Waals surface area contributed by atoms with Crippen molar-refractivity contribution in [3.8, 4) is 5.69 Å². The number of rotatable bonds is 1. The zero-order valence-corrected chi connectivity index (χ0v) is 7.24. The predicted octanol–water partition coefficient (Wildman–Crippen LogP) is 2.32. The molecule has 1 heterocycles. The van der Waals surface area contributed by atoms with Crippen molar-refractivity contribution < 1.29 is 4.39 Å². The number of imidazole rings is 1. The van der Waals surface area contributed by atoms with Gasteiger partial charge in [0.05, 0.1) is 12.0 Å². The molecule has 0 radical (unpaired) electrons. The van der Waals surface area contributed by atoms with Gasteiger partial charge in [-0.15, -0.1) is 0 Å². The van der Waals surface area contributed by atoms with Crippen LogP contribution in [0.25, 0.3) is 5.69 Å². The van der Waals surface area contributed by atoms with Crippen LogP contribution >= 0.6 is 0 Å². The molecule has 2 nitrogen and oxygen atoms in total. The fourth-order valence-electron chi connectivity index (χ4n) is 1.22. The number of aromatic nitrogens is 2. The first-order chi connectivity index (χ1) is 6.27. The summed E-state index contributed by atoms with van der Waals surface area (Å²) >= 11 is 0. The molecule has 0 unspecified atom stereocenters. The van der Waals surface area contributed by atoms with Gasteiger partial charge in [0.15, 0.2) is 0 Å². The molecular formula is C10H9FN2. The maximum absolute atomic E-state index is 13.4. The highest BCUT2D eigenvalue weighted by Gasteiger charge is 2.02. The number of aryl methyl sites for hydroxylation is 1. The van der Waals surface area contributed by atoms with E-state index in [2.05, 4.69) is 4.98 Å². The maximum Gasteiger partial charge on any atom is 0.147 e. The van der Waals surface area contributed by atoms with Crippen molar-refractivity contribution in [1.82, 2.24) is 9.55 Å². The molecule has 1 aromatic carbocycles. The molecule has 0 aliphatic rings. The second-order valence-corrected chi connectivity index (χ2v) is 2.92. The lowest BCUT2D eigenvalue weighted by molar-refractivity contribution is 0.617. The van der Waals surface area contributed by atoms with Crippen molar-refractivity contribution in [3.63, 3.8) is 0 Å². The molecule has 2 rings (SSSR count). The number of hydrogen-bond donors (Lipinski definition) is 0. The maximum atomic E-state index is 13.4. The number of nitrogens with zero attached hydrogens (tertiary/aromatic N) is 2. The normalized spacial score (nSPS) is 10.3. The summed E-state index contributed by atoms with van der Waals surface area (Å²) in [6, 6.07) is 5.13. The molecule has 0 amide bonds. The Morgan fingerprint density at radius 2 is 2.23 bits per heavy atom. The number of halogens is 1. The van der Waals surface area contributed by atoms with E-state index in [1.165, 1.54) is 6.07 Å². The molecule has 3 heteroatoms. The van der Waals surface area contributed by atoms with E-state index in [-0.39, 0.29) is 5.82 Å². The van der Waals surface area contributed by atoms with Crippen LogP contribution in [0.2, 0.25) is 0 Å². The highest BCUT2D eigenvalue weighted by molar-refractivity contribution is 5.35. The summed E-state index contributed by atoms with van der Waals surface area (Å²) in [5.41, 5.74) is 1.45. The van der Waals surface area contributed by atoms with Gasteiger partial charge < -0.3 is 4.57 Å². The van der Waals surface area contributed by atoms with Crippen LogP contribution in [0, 0.1) is 12.7 Å². The Hall–Kier alpha value is -1.64. The Balaban J connectivity index is 2.53. The van der Waals surface area contributed by atoms with Crippen molar-refractivity contribution in [2.24, 2.45) is 0 Å². The topological polar surface area (TPSA) is 17.8 Å². The van der Waals surface area contributed by atoms with Crippen molar-refractivity contribution in [2.45, 2.75) is 6.92 Å². The molecule has 0 saturated carbocycles. The van der Waals surface area contributed by atoms with Gasteiger partial charge in [-0.05, 0) is 24.6 Å². The molecule has 0 fully saturated rings. The summed E-state index contributed by atoms with van der Waals surface area (Å²) in [5.74, 6) is -0.224. The van der Waals surface area contributed by atoms with E-state index < -0.39 is 0 Å². The minimum Gasteiger partial charge on any atom is -0.303 e. The third kappa shape index (κ3) is 1.45. The highest BCUT2D eigenvalue weighted by atomic mass is 19.1. The van der Waals surface area contributed by atoms with E-state index in [1.54, 1.807) is 29.4 Å². The molecule has 0 atom stereocenters. The standard InChI is InChI=1S/C10H9FN2/c1-8-2-3-10(9(11)6-8)13-5-4-12-7-13/h2-7H,1H3. The lowest BCUT2D eigenvalue weighted by atomic mass is 10.2. The second kappa shape index (κ2) is 3.01. The van der Waals surface area contributed by atoms with Crippen LogP contribution in [0.1, 0.15) is 5.56 Å². The van der Waals surface area contributed by atoms with Gasteiger partial charge in [-0.2, -0.15) is 0 Å². The van der Waals surface area contributed by atoms with Crippen LogP contribution in [-0.4, -0.2) is 9.55 Å². The van der Waals surface area contributed by atoms with Gasteiger partial charge >= 0.3 is 0 Å². The summed E-state index contributed by atoms with van der Waals surface area (Å²) < 4.78 is 15.0. The van der Waals surface area contributed by atoms with Crippen LogP contribution in [-0.2, 0) is 0 Å². The van der Waals surface area contributed by atoms with Gasteiger partial charge in [0, 0.05) is 12.4 Å². The summed E-state index contributed by atoms with van der Waals surface area (Å²) in [7, 11) is 0. The molecule has 2 aromatic rings. The first kappa shape index (κ1) is 7.98. The zero-order valence-electron chi connectivity index (χ0n) is 7.24. The third-order valence-corrected chi connectivity index (χ3v) is 1.89. The van der Waals surface area contributed by atoms with Gasteiger partial charge in [-0.25, -0.2) is 9.37 Å². The van der Waals surface area contributed by atoms with Gasteiger partial charge in [0.2, 0.25) is 0 Å². The number of benzene rings is 1. The molecule has 0 N–H and O–H groups in total. The van der Waals surface area contributed by atoms with E-state index in [0.29, 0.717) is 5.69 Å². The summed E-state index contributed by atoms with van der Waals surface area (Å²) in [6.45, 7) is 1.86. The molecule has 0 bridgehead atoms. The summed E-state index contributed by atoms with van der Waals surface area (Å²) in [5, 5.41) is 0. The van der Waals surface area contributed by atoms with Crippen LogP contribution in [0.15, 0.2) is 36.9 Å². The monoisotopic (exact) mass is 176 g/mol. The minimum atomic E-state index is -0.224. The molecule has 13 heavy (non-hydrogen) atoms. The molecule has 1 aromatic heterocycles. The van der Waals surface area contributed by atoms with Crippen molar-refractivity contribution in [2.75, 3.05) is 0 Å². The highest BCUT2D eigenvalue weighted by Crippen LogP contribution is 2.13.